The number of phenols is 1. The van der Waals surface area contributed by atoms with Crippen LogP contribution in [0.3, 0.4) is 0 Å². The Labute approximate surface area is 98.3 Å². The van der Waals surface area contributed by atoms with Crippen LogP contribution in [0.2, 0.25) is 0 Å². The fourth-order valence-corrected chi connectivity index (χ4v) is 2.00. The maximum Gasteiger partial charge on any atom is 0.125 e. The van der Waals surface area contributed by atoms with Crippen molar-refractivity contribution >= 4 is 0 Å². The lowest BCUT2D eigenvalue weighted by molar-refractivity contribution is 0.401. The van der Waals surface area contributed by atoms with E-state index in [4.69, 9.17) is 4.74 Å². The molecule has 0 saturated heterocycles. The number of rotatable bonds is 6. The van der Waals surface area contributed by atoms with Crippen molar-refractivity contribution in [3.05, 3.63) is 23.3 Å². The molecule has 2 nitrogen and oxygen atoms in total. The molecule has 0 aliphatic rings. The Morgan fingerprint density at radius 3 is 2.56 bits per heavy atom. The van der Waals surface area contributed by atoms with Gasteiger partial charge in [0.25, 0.3) is 0 Å². The molecule has 0 atom stereocenters. The van der Waals surface area contributed by atoms with Gasteiger partial charge in [0.2, 0.25) is 0 Å². The maximum absolute atomic E-state index is 9.48. The van der Waals surface area contributed by atoms with Crippen LogP contribution < -0.4 is 4.74 Å². The molecular formula is C14H22O2. The van der Waals surface area contributed by atoms with Gasteiger partial charge < -0.3 is 9.84 Å². The number of methoxy groups -OCH3 is 1. The highest BCUT2D eigenvalue weighted by molar-refractivity contribution is 5.45. The van der Waals surface area contributed by atoms with Crippen LogP contribution in [0.5, 0.6) is 11.5 Å². The van der Waals surface area contributed by atoms with E-state index in [0.29, 0.717) is 0 Å². The molecule has 2 heteroatoms. The summed E-state index contributed by atoms with van der Waals surface area (Å²) in [6.45, 7) is 4.24. The molecule has 0 heterocycles. The van der Waals surface area contributed by atoms with Crippen molar-refractivity contribution in [1.82, 2.24) is 0 Å². The quantitative estimate of drug-likeness (QED) is 0.741. The topological polar surface area (TPSA) is 29.5 Å². The third-order valence-corrected chi connectivity index (χ3v) is 2.92. The number of phenolic OH excluding ortho intramolecular Hbond substituents is 1. The number of benzene rings is 1. The molecular weight excluding hydrogens is 200 g/mol. The summed E-state index contributed by atoms with van der Waals surface area (Å²) < 4.78 is 5.30. The third-order valence-electron chi connectivity index (χ3n) is 2.92. The predicted molar refractivity (Wildman–Crippen MR) is 67.2 cm³/mol. The zero-order valence-electron chi connectivity index (χ0n) is 10.5. The SMILES string of the molecule is CCCCCCc1c(C)cc(O)cc1OC. The Morgan fingerprint density at radius 2 is 1.94 bits per heavy atom. The smallest absolute Gasteiger partial charge is 0.125 e. The molecule has 0 radical (unpaired) electrons. The van der Waals surface area contributed by atoms with E-state index in [0.717, 1.165) is 17.7 Å². The minimum atomic E-state index is 0.284. The van der Waals surface area contributed by atoms with Gasteiger partial charge in [-0.3, -0.25) is 0 Å². The Balaban J connectivity index is 2.70. The van der Waals surface area contributed by atoms with Crippen LogP contribution in [0.25, 0.3) is 0 Å². The van der Waals surface area contributed by atoms with Crippen LogP contribution in [0.4, 0.5) is 0 Å². The number of aryl methyl sites for hydroxylation is 1. The minimum absolute atomic E-state index is 0.284. The minimum Gasteiger partial charge on any atom is -0.508 e. The first-order chi connectivity index (χ1) is 7.69. The van der Waals surface area contributed by atoms with E-state index >= 15 is 0 Å². The van der Waals surface area contributed by atoms with Gasteiger partial charge in [0.05, 0.1) is 7.11 Å². The van der Waals surface area contributed by atoms with E-state index in [1.165, 1.54) is 31.2 Å². The Hall–Kier alpha value is -1.18. The molecule has 16 heavy (non-hydrogen) atoms. The molecule has 0 amide bonds. The number of unbranched alkanes of at least 4 members (excludes halogenated alkanes) is 3. The summed E-state index contributed by atoms with van der Waals surface area (Å²) in [4.78, 5) is 0. The molecule has 0 saturated carbocycles. The first-order valence-corrected chi connectivity index (χ1v) is 6.05. The number of hydrogen-bond donors (Lipinski definition) is 1. The van der Waals surface area contributed by atoms with Crippen LogP contribution in [0.1, 0.15) is 43.7 Å². The highest BCUT2D eigenvalue weighted by Gasteiger charge is 2.08. The van der Waals surface area contributed by atoms with Gasteiger partial charge in [0, 0.05) is 6.07 Å². The molecule has 0 bridgehead atoms. The van der Waals surface area contributed by atoms with E-state index in [2.05, 4.69) is 6.92 Å². The number of ether oxygens (including phenoxy) is 1. The van der Waals surface area contributed by atoms with Gasteiger partial charge in [0.15, 0.2) is 0 Å². The van der Waals surface area contributed by atoms with Gasteiger partial charge in [0.1, 0.15) is 11.5 Å². The first kappa shape index (κ1) is 12.9. The van der Waals surface area contributed by atoms with Crippen molar-refractivity contribution < 1.29 is 9.84 Å². The Bertz CT molecular complexity index is 332. The lowest BCUT2D eigenvalue weighted by Gasteiger charge is -2.12. The fraction of sp³-hybridized carbons (Fsp3) is 0.571. The standard InChI is InChI=1S/C14H22O2/c1-4-5-6-7-8-13-11(2)9-12(15)10-14(13)16-3/h9-10,15H,4-8H2,1-3H3. The van der Waals surface area contributed by atoms with E-state index in [9.17, 15) is 5.11 Å². The van der Waals surface area contributed by atoms with Gasteiger partial charge in [-0.1, -0.05) is 26.2 Å². The van der Waals surface area contributed by atoms with Gasteiger partial charge in [-0.05, 0) is 37.0 Å². The second-order valence-corrected chi connectivity index (χ2v) is 4.25. The molecule has 1 aromatic rings. The monoisotopic (exact) mass is 222 g/mol. The van der Waals surface area contributed by atoms with Crippen molar-refractivity contribution in [1.29, 1.82) is 0 Å². The van der Waals surface area contributed by atoms with Crippen LogP contribution in [0.15, 0.2) is 12.1 Å². The van der Waals surface area contributed by atoms with Gasteiger partial charge in [-0.15, -0.1) is 0 Å². The summed E-state index contributed by atoms with van der Waals surface area (Å²) in [6.07, 6.45) is 6.04. The van der Waals surface area contributed by atoms with Gasteiger partial charge in [-0.25, -0.2) is 0 Å². The van der Waals surface area contributed by atoms with Gasteiger partial charge in [-0.2, -0.15) is 0 Å². The number of hydrogen-bond acceptors (Lipinski definition) is 2. The summed E-state index contributed by atoms with van der Waals surface area (Å²) in [5.41, 5.74) is 2.35. The third kappa shape index (κ3) is 3.44. The fourth-order valence-electron chi connectivity index (χ4n) is 2.00. The van der Waals surface area contributed by atoms with E-state index in [1.54, 1.807) is 19.2 Å². The second-order valence-electron chi connectivity index (χ2n) is 4.25. The molecule has 1 rings (SSSR count). The van der Waals surface area contributed by atoms with E-state index < -0.39 is 0 Å². The van der Waals surface area contributed by atoms with Crippen LogP contribution in [0, 0.1) is 6.92 Å². The average molecular weight is 222 g/mol. The normalized spacial score (nSPS) is 10.4. The molecule has 0 spiro atoms. The van der Waals surface area contributed by atoms with Crippen molar-refractivity contribution in [3.8, 4) is 11.5 Å². The van der Waals surface area contributed by atoms with Crippen molar-refractivity contribution in [2.24, 2.45) is 0 Å². The van der Waals surface area contributed by atoms with Crippen molar-refractivity contribution in [2.45, 2.75) is 46.0 Å². The molecule has 0 aliphatic carbocycles. The summed E-state index contributed by atoms with van der Waals surface area (Å²) in [5.74, 6) is 1.10. The Kier molecular flexibility index (Phi) is 5.17. The molecule has 0 unspecified atom stereocenters. The maximum atomic E-state index is 9.48. The first-order valence-electron chi connectivity index (χ1n) is 6.05. The van der Waals surface area contributed by atoms with Crippen LogP contribution in [-0.4, -0.2) is 12.2 Å². The highest BCUT2D eigenvalue weighted by atomic mass is 16.5. The summed E-state index contributed by atoms with van der Waals surface area (Å²) in [6, 6.07) is 3.50. The molecule has 0 aromatic heterocycles. The molecule has 1 N–H and O–H groups in total. The zero-order chi connectivity index (χ0) is 12.0. The lowest BCUT2D eigenvalue weighted by Crippen LogP contribution is -1.96. The highest BCUT2D eigenvalue weighted by Crippen LogP contribution is 2.29. The van der Waals surface area contributed by atoms with Crippen molar-refractivity contribution in [2.75, 3.05) is 7.11 Å². The zero-order valence-corrected chi connectivity index (χ0v) is 10.5. The average Bonchev–Trinajstić information content (AvgIpc) is 2.26. The largest absolute Gasteiger partial charge is 0.508 e. The Morgan fingerprint density at radius 1 is 1.19 bits per heavy atom. The second kappa shape index (κ2) is 6.41. The molecule has 1 aromatic carbocycles. The summed E-state index contributed by atoms with van der Waals surface area (Å²) in [7, 11) is 1.66. The molecule has 0 fully saturated rings. The molecule has 90 valence electrons. The summed E-state index contributed by atoms with van der Waals surface area (Å²) >= 11 is 0. The van der Waals surface area contributed by atoms with E-state index in [-0.39, 0.29) is 5.75 Å². The summed E-state index contributed by atoms with van der Waals surface area (Å²) in [5, 5.41) is 9.48. The van der Waals surface area contributed by atoms with E-state index in [1.807, 2.05) is 6.92 Å². The number of aromatic hydroxyl groups is 1. The van der Waals surface area contributed by atoms with Crippen molar-refractivity contribution in [3.63, 3.8) is 0 Å². The predicted octanol–water partition coefficient (Wildman–Crippen LogP) is 3.83. The molecule has 0 aliphatic heterocycles. The van der Waals surface area contributed by atoms with Crippen LogP contribution in [-0.2, 0) is 6.42 Å². The van der Waals surface area contributed by atoms with Crippen LogP contribution >= 0.6 is 0 Å². The van der Waals surface area contributed by atoms with Gasteiger partial charge >= 0.3 is 0 Å². The lowest BCUT2D eigenvalue weighted by atomic mass is 10.0.